The maximum atomic E-state index is 13.6. The smallest absolute Gasteiger partial charge is 0.259 e. The van der Waals surface area contributed by atoms with Crippen LogP contribution in [0.25, 0.3) is 22.4 Å². The molecule has 1 fully saturated rings. The van der Waals surface area contributed by atoms with Crippen molar-refractivity contribution in [3.05, 3.63) is 102 Å². The molecule has 0 saturated carbocycles. The average molecular weight is 492 g/mol. The van der Waals surface area contributed by atoms with E-state index in [1.54, 1.807) is 0 Å². The summed E-state index contributed by atoms with van der Waals surface area (Å²) in [6, 6.07) is 24.5. The fraction of sp³-hybridized carbons (Fsp3) is 0.267. The number of hydrogen-bond donors (Lipinski definition) is 0. The fourth-order valence-electron chi connectivity index (χ4n) is 5.34. The van der Waals surface area contributed by atoms with Crippen molar-refractivity contribution in [3.8, 4) is 11.3 Å². The first kappa shape index (κ1) is 23.2. The Balaban J connectivity index is 1.22. The number of aryl methyl sites for hydroxylation is 3. The van der Waals surface area contributed by atoms with Gasteiger partial charge in [-0.15, -0.1) is 0 Å². The van der Waals surface area contributed by atoms with Crippen LogP contribution in [0.3, 0.4) is 0 Å². The summed E-state index contributed by atoms with van der Waals surface area (Å²) < 4.78 is 7.77. The van der Waals surface area contributed by atoms with Crippen molar-refractivity contribution in [1.29, 1.82) is 0 Å². The van der Waals surface area contributed by atoms with Gasteiger partial charge in [-0.25, -0.2) is 9.97 Å². The Hall–Kier alpha value is -4.26. The summed E-state index contributed by atoms with van der Waals surface area (Å²) in [4.78, 5) is 25.2. The molecule has 0 aliphatic carbocycles. The number of likely N-dealkylation sites (tertiary alicyclic amines) is 1. The topological polar surface area (TPSA) is 77.0 Å². The van der Waals surface area contributed by atoms with E-state index in [9.17, 15) is 4.79 Å². The Morgan fingerprint density at radius 1 is 0.946 bits per heavy atom. The summed E-state index contributed by atoms with van der Waals surface area (Å²) >= 11 is 0. The molecule has 37 heavy (non-hydrogen) atoms. The van der Waals surface area contributed by atoms with Gasteiger partial charge in [-0.2, -0.15) is 0 Å². The minimum Gasteiger partial charge on any atom is -0.360 e. The predicted octanol–water partition coefficient (Wildman–Crippen LogP) is 5.66. The van der Waals surface area contributed by atoms with Crippen LogP contribution < -0.4 is 0 Å². The number of hydrogen-bond acceptors (Lipinski definition) is 5. The molecule has 7 heteroatoms. The highest BCUT2D eigenvalue weighted by Gasteiger charge is 2.31. The lowest BCUT2D eigenvalue weighted by atomic mass is 10.0. The molecule has 1 aliphatic rings. The number of amides is 1. The van der Waals surface area contributed by atoms with Crippen molar-refractivity contribution in [2.45, 2.75) is 38.6 Å². The number of fused-ring (bicyclic) bond motifs is 1. The number of carbonyl (C=O) groups is 1. The second-order valence-corrected chi connectivity index (χ2v) is 9.58. The van der Waals surface area contributed by atoms with Gasteiger partial charge in [0, 0.05) is 37.3 Å². The molecule has 2 aromatic carbocycles. The second kappa shape index (κ2) is 10.0. The molecule has 0 atom stereocenters. The predicted molar refractivity (Wildman–Crippen MR) is 142 cm³/mol. The molecule has 5 aromatic rings. The van der Waals surface area contributed by atoms with Crippen LogP contribution in [-0.4, -0.2) is 43.6 Å². The van der Waals surface area contributed by atoms with Crippen molar-refractivity contribution in [2.75, 3.05) is 13.1 Å². The van der Waals surface area contributed by atoms with Crippen LogP contribution >= 0.6 is 0 Å². The van der Waals surface area contributed by atoms with E-state index in [0.717, 1.165) is 48.2 Å². The third kappa shape index (κ3) is 4.53. The number of aromatic nitrogens is 4. The minimum absolute atomic E-state index is 0.0195. The highest BCUT2D eigenvalue weighted by Crippen LogP contribution is 2.31. The largest absolute Gasteiger partial charge is 0.360 e. The van der Waals surface area contributed by atoms with Crippen LogP contribution in [0.2, 0.25) is 0 Å². The first-order valence-corrected chi connectivity index (χ1v) is 12.9. The van der Waals surface area contributed by atoms with Crippen molar-refractivity contribution in [2.24, 2.45) is 0 Å². The van der Waals surface area contributed by atoms with Gasteiger partial charge in [0.1, 0.15) is 28.4 Å². The molecule has 0 unspecified atom stereocenters. The Kier molecular flexibility index (Phi) is 6.26. The van der Waals surface area contributed by atoms with Crippen LogP contribution in [0.4, 0.5) is 0 Å². The van der Waals surface area contributed by atoms with E-state index in [0.29, 0.717) is 30.1 Å². The number of pyridine rings is 1. The highest BCUT2D eigenvalue weighted by atomic mass is 16.5. The van der Waals surface area contributed by atoms with E-state index >= 15 is 0 Å². The average Bonchev–Trinajstić information content (AvgIpc) is 3.53. The summed E-state index contributed by atoms with van der Waals surface area (Å²) in [5.74, 6) is 1.59. The molecule has 4 heterocycles. The molecule has 1 saturated heterocycles. The fourth-order valence-corrected chi connectivity index (χ4v) is 5.34. The van der Waals surface area contributed by atoms with Gasteiger partial charge in [0.05, 0.1) is 0 Å². The zero-order chi connectivity index (χ0) is 25.2. The Morgan fingerprint density at radius 2 is 1.68 bits per heavy atom. The van der Waals surface area contributed by atoms with Gasteiger partial charge in [-0.05, 0) is 43.9 Å². The lowest BCUT2D eigenvalue weighted by Gasteiger charge is -2.33. The van der Waals surface area contributed by atoms with Gasteiger partial charge >= 0.3 is 0 Å². The molecule has 0 bridgehead atoms. The normalized spacial score (nSPS) is 14.4. The third-order valence-electron chi connectivity index (χ3n) is 7.24. The van der Waals surface area contributed by atoms with Crippen LogP contribution in [0, 0.1) is 6.92 Å². The molecule has 3 aromatic heterocycles. The summed E-state index contributed by atoms with van der Waals surface area (Å²) in [6.07, 6.45) is 5.30. The van der Waals surface area contributed by atoms with E-state index in [4.69, 9.17) is 9.51 Å². The van der Waals surface area contributed by atoms with Crippen LogP contribution in [0.15, 0.2) is 83.5 Å². The molecule has 0 N–H and O–H groups in total. The van der Waals surface area contributed by atoms with Crippen molar-refractivity contribution in [1.82, 2.24) is 24.6 Å². The highest BCUT2D eigenvalue weighted by molar-refractivity contribution is 6.00. The Morgan fingerprint density at radius 3 is 2.43 bits per heavy atom. The molecular formula is C30H29N5O2. The number of piperidine rings is 1. The molecular weight excluding hydrogens is 462 g/mol. The van der Waals surface area contributed by atoms with Gasteiger partial charge in [-0.3, -0.25) is 4.79 Å². The molecule has 1 aliphatic heterocycles. The first-order chi connectivity index (χ1) is 18.2. The molecule has 6 rings (SSSR count). The number of carbonyl (C=O) groups excluding carboxylic acids is 1. The molecule has 0 spiro atoms. The van der Waals surface area contributed by atoms with E-state index in [1.165, 1.54) is 5.56 Å². The van der Waals surface area contributed by atoms with Gasteiger partial charge < -0.3 is 14.0 Å². The van der Waals surface area contributed by atoms with E-state index in [-0.39, 0.29) is 11.9 Å². The molecule has 186 valence electrons. The number of rotatable bonds is 6. The van der Waals surface area contributed by atoms with Crippen molar-refractivity contribution in [3.63, 3.8) is 0 Å². The van der Waals surface area contributed by atoms with Crippen LogP contribution in [-0.2, 0) is 12.8 Å². The van der Waals surface area contributed by atoms with Crippen molar-refractivity contribution >= 4 is 17.1 Å². The first-order valence-electron chi connectivity index (χ1n) is 12.9. The number of nitrogens with zero attached hydrogens (tertiary/aromatic N) is 5. The monoisotopic (exact) mass is 491 g/mol. The van der Waals surface area contributed by atoms with Gasteiger partial charge in [-0.1, -0.05) is 65.8 Å². The van der Waals surface area contributed by atoms with Gasteiger partial charge in [0.15, 0.2) is 5.65 Å². The lowest BCUT2D eigenvalue weighted by Crippen LogP contribution is -2.39. The zero-order valence-electron chi connectivity index (χ0n) is 20.9. The Bertz CT molecular complexity index is 1520. The molecule has 1 amide bonds. The molecule has 0 radical (unpaired) electrons. The minimum atomic E-state index is -0.0195. The summed E-state index contributed by atoms with van der Waals surface area (Å²) in [6.45, 7) is 3.13. The SMILES string of the molecule is Cc1onc(-c2ccccc2)c1C(=O)N1CCC(n2c(CCc3ccccc3)nc3cccnc32)CC1. The third-order valence-corrected chi connectivity index (χ3v) is 7.24. The van der Waals surface area contributed by atoms with Gasteiger partial charge in [0.25, 0.3) is 5.91 Å². The summed E-state index contributed by atoms with van der Waals surface area (Å²) in [5, 5.41) is 4.21. The summed E-state index contributed by atoms with van der Waals surface area (Å²) in [7, 11) is 0. The number of benzene rings is 2. The second-order valence-electron chi connectivity index (χ2n) is 9.58. The quantitative estimate of drug-likeness (QED) is 0.306. The van der Waals surface area contributed by atoms with E-state index in [1.807, 2.05) is 66.6 Å². The maximum Gasteiger partial charge on any atom is 0.259 e. The summed E-state index contributed by atoms with van der Waals surface area (Å²) in [5.41, 5.74) is 5.21. The zero-order valence-corrected chi connectivity index (χ0v) is 20.9. The van der Waals surface area contributed by atoms with Crippen molar-refractivity contribution < 1.29 is 9.32 Å². The van der Waals surface area contributed by atoms with E-state index < -0.39 is 0 Å². The van der Waals surface area contributed by atoms with E-state index in [2.05, 4.69) is 39.0 Å². The molecule has 7 nitrogen and oxygen atoms in total. The van der Waals surface area contributed by atoms with Crippen LogP contribution in [0.5, 0.6) is 0 Å². The maximum absolute atomic E-state index is 13.6. The lowest BCUT2D eigenvalue weighted by molar-refractivity contribution is 0.0694. The van der Waals surface area contributed by atoms with Gasteiger partial charge in [0.2, 0.25) is 0 Å². The van der Waals surface area contributed by atoms with Crippen LogP contribution in [0.1, 0.15) is 46.4 Å². The number of imidazole rings is 1. The Labute approximate surface area is 215 Å². The standard InChI is InChI=1S/C30H29N5O2/c1-21-27(28(33-37-21)23-11-6-3-7-12-23)30(36)34-19-16-24(17-20-34)35-26(15-14-22-9-4-2-5-10-22)32-25-13-8-18-31-29(25)35/h2-13,18,24H,14-17,19-20H2,1H3.